The van der Waals surface area contributed by atoms with Gasteiger partial charge in [-0.2, -0.15) is 8.42 Å². The van der Waals surface area contributed by atoms with E-state index in [1.54, 1.807) is 31.4 Å². The second kappa shape index (κ2) is 11.4. The van der Waals surface area contributed by atoms with Gasteiger partial charge in [-0.15, -0.1) is 0 Å². The van der Waals surface area contributed by atoms with Crippen LogP contribution in [0.5, 0.6) is 0 Å². The predicted molar refractivity (Wildman–Crippen MR) is 133 cm³/mol. The summed E-state index contributed by atoms with van der Waals surface area (Å²) in [5.41, 5.74) is 4.05. The normalized spacial score (nSPS) is 19.2. The highest BCUT2D eigenvalue weighted by Gasteiger charge is 2.43. The zero-order valence-corrected chi connectivity index (χ0v) is 21.5. The summed E-state index contributed by atoms with van der Waals surface area (Å²) in [6.07, 6.45) is 4.72. The highest BCUT2D eigenvalue weighted by atomic mass is 32.2. The first-order chi connectivity index (χ1) is 15.4. The number of methoxy groups -OCH3 is 1. The Labute approximate surface area is 199 Å². The SMILES string of the molecule is C=CC(=O)C1CCC(C)=C(C(CC(=C)CCCOS(=O)(=O)c2ccc(C)cc2)OC)C1(C)C. The molecule has 0 heterocycles. The number of carbonyl (C=O) groups is 1. The van der Waals surface area contributed by atoms with E-state index in [2.05, 4.69) is 33.9 Å². The molecule has 1 aliphatic carbocycles. The molecule has 0 fully saturated rings. The van der Waals surface area contributed by atoms with Gasteiger partial charge in [-0.05, 0) is 75.1 Å². The number of ketones is 1. The summed E-state index contributed by atoms with van der Waals surface area (Å²) in [5.74, 6) is -0.0365. The molecule has 0 saturated heterocycles. The van der Waals surface area contributed by atoms with Gasteiger partial charge in [0.1, 0.15) is 0 Å². The van der Waals surface area contributed by atoms with Crippen molar-refractivity contribution in [2.45, 2.75) is 70.8 Å². The highest BCUT2D eigenvalue weighted by molar-refractivity contribution is 7.86. The summed E-state index contributed by atoms with van der Waals surface area (Å²) < 4.78 is 35.7. The van der Waals surface area contributed by atoms with Gasteiger partial charge in [0, 0.05) is 13.0 Å². The minimum absolute atomic E-state index is 0.0746. The van der Waals surface area contributed by atoms with Crippen molar-refractivity contribution >= 4 is 15.9 Å². The van der Waals surface area contributed by atoms with Crippen LogP contribution in [0.2, 0.25) is 0 Å². The molecule has 0 N–H and O–H groups in total. The van der Waals surface area contributed by atoms with Crippen LogP contribution in [0, 0.1) is 18.3 Å². The van der Waals surface area contributed by atoms with E-state index < -0.39 is 10.1 Å². The molecule has 5 nitrogen and oxygen atoms in total. The predicted octanol–water partition coefficient (Wildman–Crippen LogP) is 5.95. The first-order valence-electron chi connectivity index (χ1n) is 11.5. The Balaban J connectivity index is 1.97. The standard InChI is InChI=1S/C27H38O5S/c1-8-24(28)23-16-13-21(4)26(27(23,5)6)25(31-7)18-20(3)10-9-17-32-33(29,30)22-14-11-19(2)12-15-22/h8,11-12,14-15,23,25H,1,3,9-10,13,16-18H2,2,4-7H3. The van der Waals surface area contributed by atoms with Crippen molar-refractivity contribution in [3.05, 3.63) is 65.8 Å². The number of ether oxygens (including phenoxy) is 1. The zero-order chi connectivity index (χ0) is 24.8. The molecule has 0 saturated carbocycles. The van der Waals surface area contributed by atoms with Gasteiger partial charge in [0.05, 0.1) is 17.6 Å². The number of hydrogen-bond acceptors (Lipinski definition) is 5. The molecule has 1 aromatic carbocycles. The molecule has 2 atom stereocenters. The quantitative estimate of drug-likeness (QED) is 0.162. The van der Waals surface area contributed by atoms with Gasteiger partial charge in [-0.3, -0.25) is 8.98 Å². The monoisotopic (exact) mass is 474 g/mol. The van der Waals surface area contributed by atoms with Crippen LogP contribution in [0.3, 0.4) is 0 Å². The first-order valence-corrected chi connectivity index (χ1v) is 12.9. The number of benzene rings is 1. The molecule has 0 amide bonds. The van der Waals surface area contributed by atoms with Crippen LogP contribution < -0.4 is 0 Å². The third-order valence-electron chi connectivity index (χ3n) is 6.68. The average Bonchev–Trinajstić information content (AvgIpc) is 2.75. The molecule has 2 unspecified atom stereocenters. The Morgan fingerprint density at radius 1 is 1.24 bits per heavy atom. The van der Waals surface area contributed by atoms with Crippen molar-refractivity contribution in [1.29, 1.82) is 0 Å². The molecule has 182 valence electrons. The van der Waals surface area contributed by atoms with Gasteiger partial charge in [-0.25, -0.2) is 0 Å². The van der Waals surface area contributed by atoms with Crippen LogP contribution in [0.4, 0.5) is 0 Å². The van der Waals surface area contributed by atoms with Crippen LogP contribution in [0.1, 0.15) is 58.4 Å². The molecule has 2 rings (SSSR count). The number of carbonyl (C=O) groups excluding carboxylic acids is 1. The smallest absolute Gasteiger partial charge is 0.296 e. The molecule has 0 radical (unpaired) electrons. The van der Waals surface area contributed by atoms with Crippen LogP contribution >= 0.6 is 0 Å². The topological polar surface area (TPSA) is 69.7 Å². The van der Waals surface area contributed by atoms with Crippen LogP contribution in [0.25, 0.3) is 0 Å². The molecule has 1 aromatic rings. The number of aryl methyl sites for hydroxylation is 1. The maximum absolute atomic E-state index is 12.5. The number of rotatable bonds is 12. The van der Waals surface area contributed by atoms with E-state index in [0.29, 0.717) is 19.3 Å². The van der Waals surface area contributed by atoms with Crippen molar-refractivity contribution in [3.63, 3.8) is 0 Å². The third-order valence-corrected chi connectivity index (χ3v) is 8.01. The molecule has 33 heavy (non-hydrogen) atoms. The van der Waals surface area contributed by atoms with E-state index in [4.69, 9.17) is 8.92 Å². The van der Waals surface area contributed by atoms with Crippen LogP contribution in [-0.2, 0) is 23.8 Å². The summed E-state index contributed by atoms with van der Waals surface area (Å²) in [4.78, 5) is 12.6. The lowest BCUT2D eigenvalue weighted by Crippen LogP contribution is -2.40. The largest absolute Gasteiger partial charge is 0.377 e. The van der Waals surface area contributed by atoms with Gasteiger partial charge in [0.25, 0.3) is 10.1 Å². The Kier molecular flexibility index (Phi) is 9.41. The summed E-state index contributed by atoms with van der Waals surface area (Å²) in [7, 11) is -2.08. The lowest BCUT2D eigenvalue weighted by Gasteiger charge is -2.43. The third kappa shape index (κ3) is 6.75. The summed E-state index contributed by atoms with van der Waals surface area (Å²) in [6, 6.07) is 6.61. The van der Waals surface area contributed by atoms with E-state index in [9.17, 15) is 13.2 Å². The van der Waals surface area contributed by atoms with E-state index >= 15 is 0 Å². The van der Waals surface area contributed by atoms with Crippen molar-refractivity contribution < 1.29 is 22.1 Å². The summed E-state index contributed by atoms with van der Waals surface area (Å²) in [6.45, 7) is 16.2. The molecular weight excluding hydrogens is 436 g/mol. The molecule has 6 heteroatoms. The zero-order valence-electron chi connectivity index (χ0n) is 20.6. The number of hydrogen-bond donors (Lipinski definition) is 0. The fourth-order valence-electron chi connectivity index (χ4n) is 4.86. The molecular formula is C27H38O5S. The minimum atomic E-state index is -3.76. The number of allylic oxidation sites excluding steroid dienone is 2. The Morgan fingerprint density at radius 3 is 2.45 bits per heavy atom. The van der Waals surface area contributed by atoms with Gasteiger partial charge < -0.3 is 4.74 Å². The van der Waals surface area contributed by atoms with Crippen LogP contribution in [-0.4, -0.2) is 34.0 Å². The molecule has 1 aliphatic rings. The molecule has 0 aromatic heterocycles. The lowest BCUT2D eigenvalue weighted by atomic mass is 9.62. The Morgan fingerprint density at radius 2 is 1.88 bits per heavy atom. The van der Waals surface area contributed by atoms with Crippen molar-refractivity contribution in [2.24, 2.45) is 11.3 Å². The van der Waals surface area contributed by atoms with Gasteiger partial charge in [0.2, 0.25) is 0 Å². The summed E-state index contributed by atoms with van der Waals surface area (Å²) >= 11 is 0. The van der Waals surface area contributed by atoms with Crippen LogP contribution in [0.15, 0.2) is 65.1 Å². The van der Waals surface area contributed by atoms with Gasteiger partial charge in [-0.1, -0.05) is 55.8 Å². The maximum Gasteiger partial charge on any atom is 0.296 e. The van der Waals surface area contributed by atoms with E-state index in [-0.39, 0.29) is 34.7 Å². The van der Waals surface area contributed by atoms with Crippen molar-refractivity contribution in [3.8, 4) is 0 Å². The van der Waals surface area contributed by atoms with E-state index in [1.807, 2.05) is 6.92 Å². The van der Waals surface area contributed by atoms with Crippen molar-refractivity contribution in [1.82, 2.24) is 0 Å². The Hall–Kier alpha value is -2.02. The fourth-order valence-corrected chi connectivity index (χ4v) is 5.80. The van der Waals surface area contributed by atoms with E-state index in [1.165, 1.54) is 11.6 Å². The maximum atomic E-state index is 12.5. The average molecular weight is 475 g/mol. The highest BCUT2D eigenvalue weighted by Crippen LogP contribution is 2.48. The minimum Gasteiger partial charge on any atom is -0.377 e. The van der Waals surface area contributed by atoms with Crippen molar-refractivity contribution in [2.75, 3.05) is 13.7 Å². The van der Waals surface area contributed by atoms with E-state index in [0.717, 1.165) is 29.6 Å². The fraction of sp³-hybridized carbons (Fsp3) is 0.519. The Bertz CT molecular complexity index is 999. The second-order valence-electron chi connectivity index (χ2n) is 9.48. The first kappa shape index (κ1) is 27.2. The lowest BCUT2D eigenvalue weighted by molar-refractivity contribution is -0.121. The molecule has 0 aliphatic heterocycles. The van der Waals surface area contributed by atoms with Gasteiger partial charge in [0.15, 0.2) is 5.78 Å². The van der Waals surface area contributed by atoms with Gasteiger partial charge >= 0.3 is 0 Å². The second-order valence-corrected chi connectivity index (χ2v) is 11.1. The summed E-state index contributed by atoms with van der Waals surface area (Å²) in [5, 5.41) is 0. The molecule has 0 spiro atoms. The molecule has 0 bridgehead atoms.